The molecule has 0 radical (unpaired) electrons. The summed E-state index contributed by atoms with van der Waals surface area (Å²) in [6, 6.07) is 3.68. The number of benzene rings is 1. The number of nitrogens with one attached hydrogen (secondary N) is 1. The van der Waals surface area contributed by atoms with Crippen molar-refractivity contribution in [2.75, 3.05) is 19.5 Å². The van der Waals surface area contributed by atoms with Gasteiger partial charge in [-0.3, -0.25) is 4.79 Å². The van der Waals surface area contributed by atoms with Crippen LogP contribution in [0.4, 0.5) is 5.69 Å². The normalized spacial score (nSPS) is 13.3. The maximum Gasteiger partial charge on any atom is 0.256 e. The first kappa shape index (κ1) is 15.9. The lowest BCUT2D eigenvalue weighted by Gasteiger charge is -2.15. The van der Waals surface area contributed by atoms with Crippen LogP contribution in [0, 0.1) is 6.92 Å². The summed E-state index contributed by atoms with van der Waals surface area (Å²) in [5.41, 5.74) is 3.75. The molecule has 0 fully saturated rings. The Morgan fingerprint density at radius 3 is 2.57 bits per heavy atom. The molecule has 0 saturated carbocycles. The van der Waals surface area contributed by atoms with Gasteiger partial charge in [-0.25, -0.2) is 0 Å². The number of amides is 1. The Balaban J connectivity index is 1.87. The van der Waals surface area contributed by atoms with Gasteiger partial charge in [0.15, 0.2) is 11.5 Å². The Bertz CT molecular complexity index is 736. The first-order valence-electron chi connectivity index (χ1n) is 7.77. The molecule has 0 unspecified atom stereocenters. The van der Waals surface area contributed by atoms with E-state index in [1.165, 1.54) is 23.3 Å². The highest BCUT2D eigenvalue weighted by molar-refractivity contribution is 7.10. The lowest BCUT2D eigenvalue weighted by atomic mass is 9.95. The van der Waals surface area contributed by atoms with Crippen LogP contribution >= 0.6 is 11.3 Å². The number of methoxy groups -OCH3 is 2. The average Bonchev–Trinajstić information content (AvgIpc) is 3.00. The summed E-state index contributed by atoms with van der Waals surface area (Å²) < 4.78 is 10.6. The molecule has 4 nitrogen and oxygen atoms in total. The van der Waals surface area contributed by atoms with Crippen molar-refractivity contribution in [3.63, 3.8) is 0 Å². The SMILES string of the molecule is COc1cc(C)c(NC(=O)c2csc3c2CCCC3)cc1OC. The molecule has 2 aromatic rings. The molecule has 1 aliphatic rings. The third-order valence-electron chi connectivity index (χ3n) is 4.28. The summed E-state index contributed by atoms with van der Waals surface area (Å²) >= 11 is 1.70. The minimum atomic E-state index is -0.0419. The first-order valence-corrected chi connectivity index (χ1v) is 8.65. The Morgan fingerprint density at radius 1 is 1.13 bits per heavy atom. The summed E-state index contributed by atoms with van der Waals surface area (Å²) in [4.78, 5) is 14.0. The quantitative estimate of drug-likeness (QED) is 0.913. The number of carbonyl (C=O) groups is 1. The number of thiophene rings is 1. The topological polar surface area (TPSA) is 47.6 Å². The van der Waals surface area contributed by atoms with Crippen LogP contribution in [0.1, 0.15) is 39.2 Å². The lowest BCUT2D eigenvalue weighted by molar-refractivity contribution is 0.102. The fourth-order valence-electron chi connectivity index (χ4n) is 2.99. The van der Waals surface area contributed by atoms with E-state index in [1.54, 1.807) is 25.6 Å². The fourth-order valence-corrected chi connectivity index (χ4v) is 4.12. The Labute approximate surface area is 140 Å². The number of ether oxygens (including phenoxy) is 2. The van der Waals surface area contributed by atoms with Crippen LogP contribution < -0.4 is 14.8 Å². The maximum atomic E-state index is 12.7. The van der Waals surface area contributed by atoms with E-state index in [9.17, 15) is 4.79 Å². The largest absolute Gasteiger partial charge is 0.493 e. The molecule has 23 heavy (non-hydrogen) atoms. The zero-order chi connectivity index (χ0) is 16.4. The number of hydrogen-bond acceptors (Lipinski definition) is 4. The first-order chi connectivity index (χ1) is 11.1. The number of fused-ring (bicyclic) bond motifs is 1. The summed E-state index contributed by atoms with van der Waals surface area (Å²) in [6.07, 6.45) is 4.50. The van der Waals surface area contributed by atoms with Gasteiger partial charge in [-0.05, 0) is 49.8 Å². The molecular formula is C18H21NO3S. The molecule has 1 aromatic carbocycles. The summed E-state index contributed by atoms with van der Waals surface area (Å²) in [7, 11) is 3.20. The lowest BCUT2D eigenvalue weighted by Crippen LogP contribution is -2.15. The van der Waals surface area contributed by atoms with Gasteiger partial charge in [0.1, 0.15) is 0 Å². The molecule has 1 aromatic heterocycles. The molecule has 0 aliphatic heterocycles. The van der Waals surface area contributed by atoms with E-state index in [-0.39, 0.29) is 5.91 Å². The second-order valence-electron chi connectivity index (χ2n) is 5.73. The van der Waals surface area contributed by atoms with Crippen molar-refractivity contribution >= 4 is 22.9 Å². The Kier molecular flexibility index (Phi) is 4.57. The molecule has 122 valence electrons. The van der Waals surface area contributed by atoms with E-state index in [4.69, 9.17) is 9.47 Å². The zero-order valence-corrected chi connectivity index (χ0v) is 14.5. The van der Waals surface area contributed by atoms with Crippen LogP contribution in [-0.2, 0) is 12.8 Å². The van der Waals surface area contributed by atoms with Crippen LogP contribution in [0.25, 0.3) is 0 Å². The van der Waals surface area contributed by atoms with Crippen molar-refractivity contribution in [2.45, 2.75) is 32.6 Å². The van der Waals surface area contributed by atoms with Gasteiger partial charge in [0.05, 0.1) is 19.8 Å². The van der Waals surface area contributed by atoms with Crippen molar-refractivity contribution in [1.29, 1.82) is 0 Å². The van der Waals surface area contributed by atoms with Gasteiger partial charge in [-0.15, -0.1) is 11.3 Å². The molecule has 3 rings (SSSR count). The van der Waals surface area contributed by atoms with Crippen molar-refractivity contribution < 1.29 is 14.3 Å². The maximum absolute atomic E-state index is 12.7. The number of carbonyl (C=O) groups excluding carboxylic acids is 1. The molecular weight excluding hydrogens is 310 g/mol. The molecule has 0 atom stereocenters. The highest BCUT2D eigenvalue weighted by Crippen LogP contribution is 2.34. The summed E-state index contributed by atoms with van der Waals surface area (Å²) in [5, 5.41) is 5.01. The number of hydrogen-bond donors (Lipinski definition) is 1. The molecule has 1 heterocycles. The number of anilines is 1. The van der Waals surface area contributed by atoms with Gasteiger partial charge in [-0.1, -0.05) is 0 Å². The molecule has 1 amide bonds. The van der Waals surface area contributed by atoms with Crippen molar-refractivity contribution in [3.8, 4) is 11.5 Å². The Hall–Kier alpha value is -2.01. The van der Waals surface area contributed by atoms with Gasteiger partial charge in [0.2, 0.25) is 0 Å². The minimum Gasteiger partial charge on any atom is -0.493 e. The number of aryl methyl sites for hydroxylation is 2. The molecule has 0 saturated heterocycles. The minimum absolute atomic E-state index is 0.0419. The van der Waals surface area contributed by atoms with Crippen LogP contribution in [0.3, 0.4) is 0 Å². The van der Waals surface area contributed by atoms with Crippen molar-refractivity contribution in [1.82, 2.24) is 0 Å². The summed E-state index contributed by atoms with van der Waals surface area (Å²) in [6.45, 7) is 1.95. The molecule has 5 heteroatoms. The van der Waals surface area contributed by atoms with Crippen LogP contribution in [-0.4, -0.2) is 20.1 Å². The second-order valence-corrected chi connectivity index (χ2v) is 6.70. The van der Waals surface area contributed by atoms with Gasteiger partial charge < -0.3 is 14.8 Å². The average molecular weight is 331 g/mol. The molecule has 0 bridgehead atoms. The van der Waals surface area contributed by atoms with Crippen molar-refractivity contribution in [3.05, 3.63) is 39.1 Å². The van der Waals surface area contributed by atoms with Gasteiger partial charge in [0.25, 0.3) is 5.91 Å². The molecule has 1 aliphatic carbocycles. The Morgan fingerprint density at radius 2 is 1.83 bits per heavy atom. The van der Waals surface area contributed by atoms with Crippen LogP contribution in [0.15, 0.2) is 17.5 Å². The third kappa shape index (κ3) is 3.06. The van der Waals surface area contributed by atoms with E-state index in [1.807, 2.05) is 24.4 Å². The molecule has 0 spiro atoms. The van der Waals surface area contributed by atoms with E-state index in [0.717, 1.165) is 29.7 Å². The van der Waals surface area contributed by atoms with Gasteiger partial charge >= 0.3 is 0 Å². The van der Waals surface area contributed by atoms with Gasteiger partial charge in [0, 0.05) is 22.0 Å². The monoisotopic (exact) mass is 331 g/mol. The predicted octanol–water partition coefficient (Wildman–Crippen LogP) is 4.20. The van der Waals surface area contributed by atoms with Crippen LogP contribution in [0.2, 0.25) is 0 Å². The van der Waals surface area contributed by atoms with E-state index >= 15 is 0 Å². The standard InChI is InChI=1S/C18H21NO3S/c1-11-8-15(21-2)16(22-3)9-14(11)19-18(20)13-10-23-17-7-5-4-6-12(13)17/h8-10H,4-7H2,1-3H3,(H,19,20). The second kappa shape index (κ2) is 6.62. The van der Waals surface area contributed by atoms with E-state index in [0.29, 0.717) is 11.5 Å². The zero-order valence-electron chi connectivity index (χ0n) is 13.7. The predicted molar refractivity (Wildman–Crippen MR) is 93.2 cm³/mol. The van der Waals surface area contributed by atoms with Crippen LogP contribution in [0.5, 0.6) is 11.5 Å². The number of rotatable bonds is 4. The summed E-state index contributed by atoms with van der Waals surface area (Å²) in [5.74, 6) is 1.23. The van der Waals surface area contributed by atoms with Gasteiger partial charge in [-0.2, -0.15) is 0 Å². The highest BCUT2D eigenvalue weighted by Gasteiger charge is 2.21. The third-order valence-corrected chi connectivity index (χ3v) is 5.37. The highest BCUT2D eigenvalue weighted by atomic mass is 32.1. The van der Waals surface area contributed by atoms with E-state index < -0.39 is 0 Å². The van der Waals surface area contributed by atoms with E-state index in [2.05, 4.69) is 5.32 Å². The molecule has 1 N–H and O–H groups in total. The fraction of sp³-hybridized carbons (Fsp3) is 0.389. The smallest absolute Gasteiger partial charge is 0.256 e. The van der Waals surface area contributed by atoms with Crippen molar-refractivity contribution in [2.24, 2.45) is 0 Å².